The second-order valence-electron chi connectivity index (χ2n) is 8.53. The SMILES string of the molecule is COc1ccc(C(=O)NC(C)c2nc3ccccc3n2CC(=O)N2CCC(C)CC2)cc1. The molecule has 2 amide bonds. The van der Waals surface area contributed by atoms with Gasteiger partial charge in [-0.1, -0.05) is 19.1 Å². The van der Waals surface area contributed by atoms with Crippen LogP contribution in [0.4, 0.5) is 0 Å². The van der Waals surface area contributed by atoms with E-state index < -0.39 is 0 Å². The van der Waals surface area contributed by atoms with E-state index in [1.54, 1.807) is 31.4 Å². The molecular formula is C25H30N4O3. The quantitative estimate of drug-likeness (QED) is 0.640. The predicted octanol–water partition coefficient (Wildman–Crippen LogP) is 3.79. The summed E-state index contributed by atoms with van der Waals surface area (Å²) < 4.78 is 7.10. The molecule has 0 aliphatic carbocycles. The molecule has 1 fully saturated rings. The van der Waals surface area contributed by atoms with Crippen LogP contribution in [0.2, 0.25) is 0 Å². The molecule has 0 radical (unpaired) electrons. The number of hydrogen-bond donors (Lipinski definition) is 1. The maximum atomic E-state index is 13.1. The third-order valence-electron chi connectivity index (χ3n) is 6.20. The molecule has 1 unspecified atom stereocenters. The van der Waals surface area contributed by atoms with Gasteiger partial charge < -0.3 is 19.5 Å². The summed E-state index contributed by atoms with van der Waals surface area (Å²) in [6, 6.07) is 14.4. The highest BCUT2D eigenvalue weighted by Gasteiger charge is 2.24. The topological polar surface area (TPSA) is 76.5 Å². The number of methoxy groups -OCH3 is 1. The van der Waals surface area contributed by atoms with Gasteiger partial charge in [0.05, 0.1) is 24.2 Å². The smallest absolute Gasteiger partial charge is 0.251 e. The van der Waals surface area contributed by atoms with E-state index in [0.717, 1.165) is 37.0 Å². The average Bonchev–Trinajstić information content (AvgIpc) is 3.18. The minimum atomic E-state index is -0.369. The highest BCUT2D eigenvalue weighted by Crippen LogP contribution is 2.23. The Bertz CT molecular complexity index is 1100. The number of nitrogens with one attached hydrogen (secondary N) is 1. The Morgan fingerprint density at radius 2 is 1.81 bits per heavy atom. The number of para-hydroxylation sites is 2. The van der Waals surface area contributed by atoms with Gasteiger partial charge >= 0.3 is 0 Å². The number of hydrogen-bond acceptors (Lipinski definition) is 4. The van der Waals surface area contributed by atoms with E-state index in [0.29, 0.717) is 23.1 Å². The molecule has 2 aromatic carbocycles. The molecule has 1 aliphatic heterocycles. The number of benzene rings is 2. The first-order valence-corrected chi connectivity index (χ1v) is 11.1. The maximum absolute atomic E-state index is 13.1. The number of likely N-dealkylation sites (tertiary alicyclic amines) is 1. The zero-order valence-corrected chi connectivity index (χ0v) is 18.9. The van der Waals surface area contributed by atoms with Crippen LogP contribution in [0, 0.1) is 5.92 Å². The third kappa shape index (κ3) is 4.61. The van der Waals surface area contributed by atoms with Gasteiger partial charge in [0.15, 0.2) is 0 Å². The molecule has 1 aliphatic rings. The van der Waals surface area contributed by atoms with Gasteiger partial charge in [-0.25, -0.2) is 4.98 Å². The molecule has 168 valence electrons. The van der Waals surface area contributed by atoms with E-state index in [1.807, 2.05) is 40.7 Å². The summed E-state index contributed by atoms with van der Waals surface area (Å²) in [5, 5.41) is 3.02. The second-order valence-corrected chi connectivity index (χ2v) is 8.53. The second kappa shape index (κ2) is 9.42. The molecule has 1 saturated heterocycles. The number of piperidine rings is 1. The standard InChI is InChI=1S/C25H30N4O3/c1-17-12-14-28(15-13-17)23(30)16-29-22-7-5-4-6-21(22)27-24(29)18(2)26-25(31)19-8-10-20(32-3)11-9-19/h4-11,17-18H,12-16H2,1-3H3,(H,26,31). The number of carbonyl (C=O) groups excluding carboxylic acids is 2. The minimum Gasteiger partial charge on any atom is -0.497 e. The van der Waals surface area contributed by atoms with Gasteiger partial charge in [-0.15, -0.1) is 0 Å². The average molecular weight is 435 g/mol. The lowest BCUT2D eigenvalue weighted by Crippen LogP contribution is -2.40. The fourth-order valence-electron chi connectivity index (χ4n) is 4.17. The van der Waals surface area contributed by atoms with Crippen molar-refractivity contribution >= 4 is 22.8 Å². The first kappa shape index (κ1) is 21.9. The van der Waals surface area contributed by atoms with Crippen LogP contribution in [0.1, 0.15) is 48.9 Å². The van der Waals surface area contributed by atoms with E-state index in [2.05, 4.69) is 12.2 Å². The van der Waals surface area contributed by atoms with Crippen LogP contribution in [0.3, 0.4) is 0 Å². The molecule has 1 atom stereocenters. The Morgan fingerprint density at radius 1 is 1.12 bits per heavy atom. The molecule has 4 rings (SSSR count). The van der Waals surface area contributed by atoms with Gasteiger partial charge in [-0.05, 0) is 62.1 Å². The minimum absolute atomic E-state index is 0.0926. The highest BCUT2D eigenvalue weighted by atomic mass is 16.5. The summed E-state index contributed by atoms with van der Waals surface area (Å²) in [6.07, 6.45) is 2.08. The largest absolute Gasteiger partial charge is 0.497 e. The Hall–Kier alpha value is -3.35. The third-order valence-corrected chi connectivity index (χ3v) is 6.20. The fourth-order valence-corrected chi connectivity index (χ4v) is 4.17. The molecule has 7 heteroatoms. The summed E-state index contributed by atoms with van der Waals surface area (Å²) in [5.41, 5.74) is 2.25. The summed E-state index contributed by atoms with van der Waals surface area (Å²) in [7, 11) is 1.59. The van der Waals surface area contributed by atoms with Crippen LogP contribution in [0.5, 0.6) is 5.75 Å². The number of carbonyl (C=O) groups is 2. The number of fused-ring (bicyclic) bond motifs is 1. The lowest BCUT2D eigenvalue weighted by atomic mass is 9.99. The molecule has 0 bridgehead atoms. The van der Waals surface area contributed by atoms with Crippen molar-refractivity contribution in [1.29, 1.82) is 0 Å². The van der Waals surface area contributed by atoms with Gasteiger partial charge in [0, 0.05) is 18.7 Å². The zero-order chi connectivity index (χ0) is 22.7. The number of imidazole rings is 1. The molecule has 32 heavy (non-hydrogen) atoms. The molecule has 2 heterocycles. The van der Waals surface area contributed by atoms with Crippen LogP contribution in [0.25, 0.3) is 11.0 Å². The molecule has 1 aromatic heterocycles. The Morgan fingerprint density at radius 3 is 2.50 bits per heavy atom. The van der Waals surface area contributed by atoms with Crippen molar-refractivity contribution in [2.24, 2.45) is 5.92 Å². The fraction of sp³-hybridized carbons (Fsp3) is 0.400. The predicted molar refractivity (Wildman–Crippen MR) is 124 cm³/mol. The van der Waals surface area contributed by atoms with Gasteiger partial charge in [-0.3, -0.25) is 9.59 Å². The number of rotatable bonds is 6. The number of ether oxygens (including phenoxy) is 1. The van der Waals surface area contributed by atoms with E-state index in [9.17, 15) is 9.59 Å². The van der Waals surface area contributed by atoms with Crippen LogP contribution in [0.15, 0.2) is 48.5 Å². The molecule has 3 aromatic rings. The first-order valence-electron chi connectivity index (χ1n) is 11.1. The monoisotopic (exact) mass is 434 g/mol. The van der Waals surface area contributed by atoms with Crippen molar-refractivity contribution in [2.45, 2.75) is 39.3 Å². The first-order chi connectivity index (χ1) is 15.5. The van der Waals surface area contributed by atoms with E-state index in [-0.39, 0.29) is 24.4 Å². The molecule has 7 nitrogen and oxygen atoms in total. The van der Waals surface area contributed by atoms with Crippen LogP contribution < -0.4 is 10.1 Å². The van der Waals surface area contributed by atoms with Crippen molar-refractivity contribution in [2.75, 3.05) is 20.2 Å². The van der Waals surface area contributed by atoms with Crippen molar-refractivity contribution in [3.05, 3.63) is 59.9 Å². The van der Waals surface area contributed by atoms with Crippen LogP contribution >= 0.6 is 0 Å². The van der Waals surface area contributed by atoms with Crippen molar-refractivity contribution in [1.82, 2.24) is 19.8 Å². The lowest BCUT2D eigenvalue weighted by molar-refractivity contribution is -0.133. The molecule has 1 N–H and O–H groups in total. The molecule has 0 saturated carbocycles. The van der Waals surface area contributed by atoms with Crippen molar-refractivity contribution in [3.63, 3.8) is 0 Å². The summed E-state index contributed by atoms with van der Waals surface area (Å²) in [4.78, 5) is 32.6. The Balaban J connectivity index is 1.56. The molecular weight excluding hydrogens is 404 g/mol. The van der Waals surface area contributed by atoms with E-state index in [4.69, 9.17) is 9.72 Å². The van der Waals surface area contributed by atoms with Crippen LogP contribution in [-0.4, -0.2) is 46.5 Å². The maximum Gasteiger partial charge on any atom is 0.251 e. The lowest BCUT2D eigenvalue weighted by Gasteiger charge is -2.30. The zero-order valence-electron chi connectivity index (χ0n) is 18.9. The normalized spacial score (nSPS) is 15.5. The van der Waals surface area contributed by atoms with Gasteiger partial charge in [0.2, 0.25) is 5.91 Å². The highest BCUT2D eigenvalue weighted by molar-refractivity contribution is 5.94. The van der Waals surface area contributed by atoms with E-state index in [1.165, 1.54) is 0 Å². The van der Waals surface area contributed by atoms with Gasteiger partial charge in [0.25, 0.3) is 5.91 Å². The number of amides is 2. The van der Waals surface area contributed by atoms with Crippen LogP contribution in [-0.2, 0) is 11.3 Å². The summed E-state index contributed by atoms with van der Waals surface area (Å²) in [6.45, 7) is 5.94. The van der Waals surface area contributed by atoms with Crippen molar-refractivity contribution in [3.8, 4) is 5.75 Å². The Kier molecular flexibility index (Phi) is 6.44. The Labute approximate surface area is 188 Å². The summed E-state index contributed by atoms with van der Waals surface area (Å²) in [5.74, 6) is 1.93. The number of nitrogens with zero attached hydrogens (tertiary/aromatic N) is 3. The summed E-state index contributed by atoms with van der Waals surface area (Å²) >= 11 is 0. The molecule has 0 spiro atoms. The number of aromatic nitrogens is 2. The van der Waals surface area contributed by atoms with Gasteiger partial charge in [-0.2, -0.15) is 0 Å². The van der Waals surface area contributed by atoms with Gasteiger partial charge in [0.1, 0.15) is 18.1 Å². The van der Waals surface area contributed by atoms with Crippen molar-refractivity contribution < 1.29 is 14.3 Å². The van der Waals surface area contributed by atoms with E-state index >= 15 is 0 Å².